The van der Waals surface area contributed by atoms with E-state index >= 15 is 0 Å². The van der Waals surface area contributed by atoms with Gasteiger partial charge in [0, 0.05) is 25.0 Å². The van der Waals surface area contributed by atoms with Gasteiger partial charge >= 0.3 is 0 Å². The Kier molecular flexibility index (Phi) is 6.61. The molecule has 4 heteroatoms. The minimum atomic E-state index is 0. The molecule has 112 valence electrons. The van der Waals surface area contributed by atoms with E-state index in [0.717, 1.165) is 31.6 Å². The average molecular weight is 289 g/mol. The highest BCUT2D eigenvalue weighted by atomic mass is 35.5. The highest BCUT2D eigenvalue weighted by Gasteiger charge is 2.31. The van der Waals surface area contributed by atoms with Crippen LogP contribution in [0.2, 0.25) is 0 Å². The fourth-order valence-corrected chi connectivity index (χ4v) is 3.55. The quantitative estimate of drug-likeness (QED) is 0.849. The van der Waals surface area contributed by atoms with Gasteiger partial charge in [-0.15, -0.1) is 12.4 Å². The van der Waals surface area contributed by atoms with E-state index < -0.39 is 0 Å². The van der Waals surface area contributed by atoms with E-state index in [2.05, 4.69) is 6.92 Å². The molecule has 2 rings (SSSR count). The molecule has 0 aromatic rings. The molecule has 2 N–H and O–H groups in total. The van der Waals surface area contributed by atoms with Crippen molar-refractivity contribution in [2.24, 2.45) is 17.6 Å². The first-order valence-electron chi connectivity index (χ1n) is 7.60. The predicted octanol–water partition coefficient (Wildman–Crippen LogP) is 2.96. The smallest absolute Gasteiger partial charge is 0.225 e. The Hall–Kier alpha value is -0.280. The van der Waals surface area contributed by atoms with Crippen molar-refractivity contribution in [2.75, 3.05) is 7.05 Å². The van der Waals surface area contributed by atoms with E-state index in [1.54, 1.807) is 0 Å². The summed E-state index contributed by atoms with van der Waals surface area (Å²) in [4.78, 5) is 14.5. The van der Waals surface area contributed by atoms with Crippen LogP contribution < -0.4 is 5.73 Å². The van der Waals surface area contributed by atoms with Gasteiger partial charge in [-0.25, -0.2) is 0 Å². The number of carbonyl (C=O) groups is 1. The maximum atomic E-state index is 12.5. The number of hydrogen-bond donors (Lipinski definition) is 1. The third kappa shape index (κ3) is 4.35. The highest BCUT2D eigenvalue weighted by Crippen LogP contribution is 2.30. The summed E-state index contributed by atoms with van der Waals surface area (Å²) in [5, 5.41) is 0. The number of amides is 1. The van der Waals surface area contributed by atoms with Crippen molar-refractivity contribution >= 4 is 18.3 Å². The molecule has 2 fully saturated rings. The Morgan fingerprint density at radius 2 is 1.74 bits per heavy atom. The number of hydrogen-bond acceptors (Lipinski definition) is 2. The minimum Gasteiger partial charge on any atom is -0.343 e. The van der Waals surface area contributed by atoms with Gasteiger partial charge in [-0.2, -0.15) is 0 Å². The highest BCUT2D eigenvalue weighted by molar-refractivity contribution is 5.85. The van der Waals surface area contributed by atoms with Gasteiger partial charge in [0.2, 0.25) is 5.91 Å². The third-order valence-corrected chi connectivity index (χ3v) is 4.94. The topological polar surface area (TPSA) is 46.3 Å². The molecule has 19 heavy (non-hydrogen) atoms. The fourth-order valence-electron chi connectivity index (χ4n) is 3.55. The molecule has 0 spiro atoms. The summed E-state index contributed by atoms with van der Waals surface area (Å²) >= 11 is 0. The Bertz CT molecular complexity index is 290. The molecule has 0 bridgehead atoms. The second kappa shape index (κ2) is 7.49. The lowest BCUT2D eigenvalue weighted by Gasteiger charge is -2.37. The number of halogens is 1. The fraction of sp³-hybridized carbons (Fsp3) is 0.933. The molecule has 0 aromatic carbocycles. The molecule has 0 aliphatic heterocycles. The molecule has 0 radical (unpaired) electrons. The lowest BCUT2D eigenvalue weighted by molar-refractivity contribution is -0.138. The first kappa shape index (κ1) is 16.8. The van der Waals surface area contributed by atoms with Gasteiger partial charge < -0.3 is 10.6 Å². The largest absolute Gasteiger partial charge is 0.343 e. The van der Waals surface area contributed by atoms with Crippen LogP contribution in [0.4, 0.5) is 0 Å². The lowest BCUT2D eigenvalue weighted by Crippen LogP contribution is -2.44. The van der Waals surface area contributed by atoms with Crippen molar-refractivity contribution in [1.82, 2.24) is 4.90 Å². The average Bonchev–Trinajstić information content (AvgIpc) is 2.38. The Labute approximate surface area is 123 Å². The summed E-state index contributed by atoms with van der Waals surface area (Å²) in [7, 11) is 2.00. The zero-order valence-corrected chi connectivity index (χ0v) is 13.1. The molecular formula is C15H29ClN2O. The van der Waals surface area contributed by atoms with Crippen molar-refractivity contribution in [3.8, 4) is 0 Å². The first-order chi connectivity index (χ1) is 8.58. The summed E-state index contributed by atoms with van der Waals surface area (Å²) in [5.74, 6) is 1.38. The second-order valence-corrected chi connectivity index (χ2v) is 6.49. The standard InChI is InChI=1S/C15H28N2O.ClH/c1-11-6-8-14(9-7-11)17(2)15(18)12-4-3-5-13(16)10-12;/h11-14H,3-10,16H2,1-2H3;1H. The molecule has 2 aliphatic carbocycles. The SMILES string of the molecule is CC1CCC(N(C)C(=O)C2CCCC(N)C2)CC1.Cl. The van der Waals surface area contributed by atoms with E-state index in [1.165, 1.54) is 25.7 Å². The number of carbonyl (C=O) groups excluding carboxylic acids is 1. The van der Waals surface area contributed by atoms with Gasteiger partial charge in [0.1, 0.15) is 0 Å². The number of rotatable bonds is 2. The van der Waals surface area contributed by atoms with Crippen molar-refractivity contribution < 1.29 is 4.79 Å². The van der Waals surface area contributed by atoms with E-state index in [-0.39, 0.29) is 24.4 Å². The van der Waals surface area contributed by atoms with E-state index in [0.29, 0.717) is 11.9 Å². The van der Waals surface area contributed by atoms with Crippen molar-refractivity contribution in [3.05, 3.63) is 0 Å². The maximum Gasteiger partial charge on any atom is 0.225 e. The first-order valence-corrected chi connectivity index (χ1v) is 7.60. The molecule has 0 saturated heterocycles. The van der Waals surface area contributed by atoms with Crippen LogP contribution in [-0.2, 0) is 4.79 Å². The zero-order chi connectivity index (χ0) is 13.1. The van der Waals surface area contributed by atoms with Gasteiger partial charge in [0.05, 0.1) is 0 Å². The van der Waals surface area contributed by atoms with Crippen LogP contribution in [0.15, 0.2) is 0 Å². The van der Waals surface area contributed by atoms with Gasteiger partial charge in [-0.05, 0) is 50.9 Å². The van der Waals surface area contributed by atoms with Crippen LogP contribution >= 0.6 is 12.4 Å². The summed E-state index contributed by atoms with van der Waals surface area (Å²) in [6.07, 6.45) is 9.05. The normalized spacial score (nSPS) is 35.3. The Balaban J connectivity index is 0.00000180. The van der Waals surface area contributed by atoms with Gasteiger partial charge in [0.25, 0.3) is 0 Å². The zero-order valence-electron chi connectivity index (χ0n) is 12.3. The second-order valence-electron chi connectivity index (χ2n) is 6.49. The van der Waals surface area contributed by atoms with Crippen LogP contribution in [0.1, 0.15) is 58.3 Å². The van der Waals surface area contributed by atoms with Crippen molar-refractivity contribution in [3.63, 3.8) is 0 Å². The lowest BCUT2D eigenvalue weighted by atomic mass is 9.83. The number of nitrogens with zero attached hydrogens (tertiary/aromatic N) is 1. The monoisotopic (exact) mass is 288 g/mol. The van der Waals surface area contributed by atoms with Gasteiger partial charge in [0.15, 0.2) is 0 Å². The Morgan fingerprint density at radius 3 is 2.32 bits per heavy atom. The van der Waals surface area contributed by atoms with E-state index in [9.17, 15) is 4.79 Å². The molecule has 1 amide bonds. The summed E-state index contributed by atoms with van der Waals surface area (Å²) < 4.78 is 0. The maximum absolute atomic E-state index is 12.5. The molecule has 2 saturated carbocycles. The molecular weight excluding hydrogens is 260 g/mol. The van der Waals surface area contributed by atoms with Crippen molar-refractivity contribution in [2.45, 2.75) is 70.4 Å². The minimum absolute atomic E-state index is 0. The van der Waals surface area contributed by atoms with Gasteiger partial charge in [-0.1, -0.05) is 13.3 Å². The third-order valence-electron chi connectivity index (χ3n) is 4.94. The summed E-state index contributed by atoms with van der Waals surface area (Å²) in [5.41, 5.74) is 5.99. The van der Waals surface area contributed by atoms with E-state index in [1.807, 2.05) is 11.9 Å². The van der Waals surface area contributed by atoms with E-state index in [4.69, 9.17) is 5.73 Å². The van der Waals surface area contributed by atoms with Crippen LogP contribution in [0.5, 0.6) is 0 Å². The molecule has 0 aromatic heterocycles. The molecule has 2 atom stereocenters. The molecule has 0 heterocycles. The predicted molar refractivity (Wildman–Crippen MR) is 81.4 cm³/mol. The molecule has 2 aliphatic rings. The molecule has 2 unspecified atom stereocenters. The van der Waals surface area contributed by atoms with Gasteiger partial charge in [-0.3, -0.25) is 4.79 Å². The molecule has 3 nitrogen and oxygen atoms in total. The number of nitrogens with two attached hydrogens (primary N) is 1. The van der Waals surface area contributed by atoms with Crippen LogP contribution in [0.25, 0.3) is 0 Å². The summed E-state index contributed by atoms with van der Waals surface area (Å²) in [6, 6.07) is 0.722. The van der Waals surface area contributed by atoms with Crippen LogP contribution in [-0.4, -0.2) is 29.9 Å². The summed E-state index contributed by atoms with van der Waals surface area (Å²) in [6.45, 7) is 2.32. The van der Waals surface area contributed by atoms with Crippen LogP contribution in [0.3, 0.4) is 0 Å². The van der Waals surface area contributed by atoms with Crippen molar-refractivity contribution in [1.29, 1.82) is 0 Å². The Morgan fingerprint density at radius 1 is 1.11 bits per heavy atom. The van der Waals surface area contributed by atoms with Crippen LogP contribution in [0, 0.1) is 11.8 Å².